The first kappa shape index (κ1) is 10.7. The van der Waals surface area contributed by atoms with Crippen LogP contribution in [0.15, 0.2) is 0 Å². The van der Waals surface area contributed by atoms with Gasteiger partial charge < -0.3 is 4.90 Å². The third-order valence-electron chi connectivity index (χ3n) is 3.93. The molecule has 3 amide bonds. The average Bonchev–Trinajstić information content (AvgIpc) is 2.92. The van der Waals surface area contributed by atoms with Gasteiger partial charge in [0.25, 0.3) is 0 Å². The number of carbonyl (C=O) groups is 3. The second kappa shape index (κ2) is 3.82. The molecule has 0 aromatic carbocycles. The standard InChI is InChI=1S/C12H16N2O3/c15-10-6-9(11(16)13-10)14(8-4-5-8)12(17)7-2-1-3-7/h7-9H,1-6H2,(H,13,15,16)/t9-/m1/s1. The van der Waals surface area contributed by atoms with E-state index in [1.165, 1.54) is 0 Å². The molecule has 0 bridgehead atoms. The highest BCUT2D eigenvalue weighted by Gasteiger charge is 2.46. The summed E-state index contributed by atoms with van der Waals surface area (Å²) in [6.07, 6.45) is 5.06. The van der Waals surface area contributed by atoms with Gasteiger partial charge in [0, 0.05) is 12.0 Å². The summed E-state index contributed by atoms with van der Waals surface area (Å²) in [5.74, 6) is -0.366. The average molecular weight is 236 g/mol. The summed E-state index contributed by atoms with van der Waals surface area (Å²) in [6.45, 7) is 0. The van der Waals surface area contributed by atoms with Crippen LogP contribution in [-0.2, 0) is 14.4 Å². The number of imide groups is 1. The second-order valence-corrected chi connectivity index (χ2v) is 5.24. The molecule has 1 atom stereocenters. The fourth-order valence-electron chi connectivity index (χ4n) is 2.57. The van der Waals surface area contributed by atoms with Crippen molar-refractivity contribution in [2.24, 2.45) is 5.92 Å². The number of amides is 3. The van der Waals surface area contributed by atoms with Gasteiger partial charge >= 0.3 is 0 Å². The molecule has 0 spiro atoms. The lowest BCUT2D eigenvalue weighted by atomic mass is 9.84. The summed E-state index contributed by atoms with van der Waals surface area (Å²) in [4.78, 5) is 36.9. The summed E-state index contributed by atoms with van der Waals surface area (Å²) in [7, 11) is 0. The first-order valence-corrected chi connectivity index (χ1v) is 6.32. The molecule has 0 aromatic heterocycles. The quantitative estimate of drug-likeness (QED) is 0.711. The second-order valence-electron chi connectivity index (χ2n) is 5.24. The molecule has 0 radical (unpaired) electrons. The summed E-state index contributed by atoms with van der Waals surface area (Å²) in [5, 5.41) is 2.29. The van der Waals surface area contributed by atoms with Crippen molar-refractivity contribution in [1.29, 1.82) is 0 Å². The van der Waals surface area contributed by atoms with Crippen LogP contribution in [0.5, 0.6) is 0 Å². The zero-order chi connectivity index (χ0) is 12.0. The van der Waals surface area contributed by atoms with E-state index >= 15 is 0 Å². The van der Waals surface area contributed by atoms with Crippen molar-refractivity contribution < 1.29 is 14.4 Å². The zero-order valence-electron chi connectivity index (χ0n) is 9.65. The molecular formula is C12H16N2O3. The molecule has 0 unspecified atom stereocenters. The molecule has 3 aliphatic rings. The molecule has 17 heavy (non-hydrogen) atoms. The van der Waals surface area contributed by atoms with Crippen molar-refractivity contribution in [3.05, 3.63) is 0 Å². The molecule has 1 aliphatic heterocycles. The Labute approximate surface area is 99.5 Å². The molecule has 1 saturated heterocycles. The summed E-state index contributed by atoms with van der Waals surface area (Å²) in [5.41, 5.74) is 0. The van der Waals surface area contributed by atoms with Gasteiger partial charge in [-0.05, 0) is 25.7 Å². The Morgan fingerprint density at radius 2 is 1.88 bits per heavy atom. The van der Waals surface area contributed by atoms with Crippen LogP contribution < -0.4 is 5.32 Å². The Hall–Kier alpha value is -1.39. The molecular weight excluding hydrogens is 220 g/mol. The van der Waals surface area contributed by atoms with E-state index in [2.05, 4.69) is 5.32 Å². The molecule has 1 N–H and O–H groups in total. The van der Waals surface area contributed by atoms with Crippen LogP contribution in [-0.4, -0.2) is 34.7 Å². The van der Waals surface area contributed by atoms with Gasteiger partial charge in [-0.25, -0.2) is 0 Å². The van der Waals surface area contributed by atoms with Crippen molar-refractivity contribution in [2.45, 2.75) is 50.6 Å². The Morgan fingerprint density at radius 3 is 2.29 bits per heavy atom. The van der Waals surface area contributed by atoms with E-state index < -0.39 is 6.04 Å². The topological polar surface area (TPSA) is 66.5 Å². The Kier molecular flexibility index (Phi) is 2.42. The molecule has 5 heteroatoms. The minimum Gasteiger partial charge on any atom is -0.327 e. The lowest BCUT2D eigenvalue weighted by molar-refractivity contribution is -0.145. The highest BCUT2D eigenvalue weighted by molar-refractivity contribution is 6.07. The number of carbonyl (C=O) groups excluding carboxylic acids is 3. The highest BCUT2D eigenvalue weighted by Crippen LogP contribution is 2.36. The fraction of sp³-hybridized carbons (Fsp3) is 0.750. The lowest BCUT2D eigenvalue weighted by Crippen LogP contribution is -2.49. The van der Waals surface area contributed by atoms with E-state index in [-0.39, 0.29) is 36.1 Å². The number of hydrogen-bond donors (Lipinski definition) is 1. The SMILES string of the molecule is O=C1C[C@@H](N(C(=O)C2CCC2)C2CC2)C(=O)N1. The summed E-state index contributed by atoms with van der Waals surface area (Å²) in [6, 6.07) is -0.340. The predicted molar refractivity (Wildman–Crippen MR) is 58.8 cm³/mol. The van der Waals surface area contributed by atoms with Crippen LogP contribution in [0.3, 0.4) is 0 Å². The van der Waals surface area contributed by atoms with Gasteiger partial charge in [0.05, 0.1) is 6.42 Å². The number of hydrogen-bond acceptors (Lipinski definition) is 3. The molecule has 3 fully saturated rings. The molecule has 2 aliphatic carbocycles. The van der Waals surface area contributed by atoms with E-state index in [9.17, 15) is 14.4 Å². The van der Waals surface area contributed by atoms with E-state index in [0.717, 1.165) is 32.1 Å². The maximum Gasteiger partial charge on any atom is 0.249 e. The van der Waals surface area contributed by atoms with Gasteiger partial charge in [0.2, 0.25) is 17.7 Å². The Morgan fingerprint density at radius 1 is 1.18 bits per heavy atom. The maximum atomic E-state index is 12.3. The van der Waals surface area contributed by atoms with Crippen LogP contribution in [0.1, 0.15) is 38.5 Å². The maximum absolute atomic E-state index is 12.3. The van der Waals surface area contributed by atoms with E-state index in [1.54, 1.807) is 4.90 Å². The van der Waals surface area contributed by atoms with Crippen LogP contribution in [0.25, 0.3) is 0 Å². The van der Waals surface area contributed by atoms with E-state index in [0.29, 0.717) is 0 Å². The van der Waals surface area contributed by atoms with Crippen molar-refractivity contribution in [1.82, 2.24) is 10.2 Å². The fourth-order valence-corrected chi connectivity index (χ4v) is 2.57. The van der Waals surface area contributed by atoms with Crippen molar-refractivity contribution >= 4 is 17.7 Å². The van der Waals surface area contributed by atoms with Crippen molar-refractivity contribution in [3.8, 4) is 0 Å². The summed E-state index contributed by atoms with van der Waals surface area (Å²) >= 11 is 0. The van der Waals surface area contributed by atoms with Crippen molar-refractivity contribution in [3.63, 3.8) is 0 Å². The van der Waals surface area contributed by atoms with E-state index in [1.807, 2.05) is 0 Å². The zero-order valence-corrected chi connectivity index (χ0v) is 9.65. The highest BCUT2D eigenvalue weighted by atomic mass is 16.2. The van der Waals surface area contributed by atoms with Crippen LogP contribution >= 0.6 is 0 Å². The third-order valence-corrected chi connectivity index (χ3v) is 3.93. The van der Waals surface area contributed by atoms with Gasteiger partial charge in [0.15, 0.2) is 0 Å². The lowest BCUT2D eigenvalue weighted by Gasteiger charge is -2.34. The normalized spacial score (nSPS) is 28.8. The van der Waals surface area contributed by atoms with Crippen LogP contribution in [0.4, 0.5) is 0 Å². The molecule has 5 nitrogen and oxygen atoms in total. The smallest absolute Gasteiger partial charge is 0.249 e. The first-order valence-electron chi connectivity index (χ1n) is 6.32. The summed E-state index contributed by atoms with van der Waals surface area (Å²) < 4.78 is 0. The van der Waals surface area contributed by atoms with Gasteiger partial charge in [-0.1, -0.05) is 6.42 Å². The van der Waals surface area contributed by atoms with Crippen molar-refractivity contribution in [2.75, 3.05) is 0 Å². The number of nitrogens with one attached hydrogen (secondary N) is 1. The van der Waals surface area contributed by atoms with E-state index in [4.69, 9.17) is 0 Å². The molecule has 1 heterocycles. The number of nitrogens with zero attached hydrogens (tertiary/aromatic N) is 1. The van der Waals surface area contributed by atoms with Crippen LogP contribution in [0, 0.1) is 5.92 Å². The number of rotatable bonds is 3. The first-order chi connectivity index (χ1) is 8.16. The van der Waals surface area contributed by atoms with Gasteiger partial charge in [-0.2, -0.15) is 0 Å². The van der Waals surface area contributed by atoms with Gasteiger partial charge in [-0.15, -0.1) is 0 Å². The van der Waals surface area contributed by atoms with Gasteiger partial charge in [0.1, 0.15) is 6.04 Å². The Bertz CT molecular complexity index is 385. The molecule has 2 saturated carbocycles. The van der Waals surface area contributed by atoms with Gasteiger partial charge in [-0.3, -0.25) is 19.7 Å². The largest absolute Gasteiger partial charge is 0.327 e. The minimum absolute atomic E-state index is 0.0913. The minimum atomic E-state index is -0.539. The Balaban J connectivity index is 1.77. The monoisotopic (exact) mass is 236 g/mol. The predicted octanol–water partition coefficient (Wildman–Crippen LogP) is 0.193. The van der Waals surface area contributed by atoms with Crippen LogP contribution in [0.2, 0.25) is 0 Å². The molecule has 3 rings (SSSR count). The molecule has 92 valence electrons. The third kappa shape index (κ3) is 1.83. The molecule has 0 aromatic rings.